The SMILES string of the molecule is CC(C)c1ccc(S(=O)(=O)N(Cc2ccc(C(=O)NC3CC3)cc2)C2CC2)cc1. The molecule has 0 bridgehead atoms. The molecule has 2 aliphatic carbocycles. The number of carbonyl (C=O) groups excluding carboxylic acids is 1. The minimum absolute atomic E-state index is 0.0580. The van der Waals surface area contributed by atoms with Crippen LogP contribution in [0.4, 0.5) is 0 Å². The standard InChI is InChI=1S/C23H28N2O3S/c1-16(2)18-7-13-22(14-8-18)29(27,28)25(21-11-12-21)15-17-3-5-19(6-4-17)23(26)24-20-9-10-20/h3-8,13-14,16,20-21H,9-12,15H2,1-2H3,(H,24,26). The highest BCUT2D eigenvalue weighted by Crippen LogP contribution is 2.34. The van der Waals surface area contributed by atoms with Gasteiger partial charge in [0.1, 0.15) is 0 Å². The zero-order valence-electron chi connectivity index (χ0n) is 17.0. The number of rotatable bonds is 8. The van der Waals surface area contributed by atoms with Crippen LogP contribution in [0.3, 0.4) is 0 Å². The number of hydrogen-bond acceptors (Lipinski definition) is 3. The zero-order valence-corrected chi connectivity index (χ0v) is 17.8. The van der Waals surface area contributed by atoms with Crippen LogP contribution in [0.5, 0.6) is 0 Å². The third kappa shape index (κ3) is 4.70. The van der Waals surface area contributed by atoms with Crippen molar-refractivity contribution < 1.29 is 13.2 Å². The molecule has 0 atom stereocenters. The number of hydrogen-bond donors (Lipinski definition) is 1. The molecule has 5 nitrogen and oxygen atoms in total. The van der Waals surface area contributed by atoms with Crippen LogP contribution in [0, 0.1) is 0 Å². The lowest BCUT2D eigenvalue weighted by Gasteiger charge is -2.22. The molecule has 2 aromatic carbocycles. The van der Waals surface area contributed by atoms with Crippen molar-refractivity contribution in [2.75, 3.05) is 0 Å². The van der Waals surface area contributed by atoms with Crippen molar-refractivity contribution in [3.63, 3.8) is 0 Å². The van der Waals surface area contributed by atoms with Gasteiger partial charge in [-0.2, -0.15) is 4.31 Å². The Bertz CT molecular complexity index is 974. The van der Waals surface area contributed by atoms with Crippen molar-refractivity contribution in [3.05, 3.63) is 65.2 Å². The molecule has 2 saturated carbocycles. The number of sulfonamides is 1. The summed E-state index contributed by atoms with van der Waals surface area (Å²) < 4.78 is 28.1. The third-order valence-corrected chi connectivity index (χ3v) is 7.49. The first-order chi connectivity index (χ1) is 13.8. The van der Waals surface area contributed by atoms with Crippen LogP contribution in [0.2, 0.25) is 0 Å². The molecule has 29 heavy (non-hydrogen) atoms. The van der Waals surface area contributed by atoms with Gasteiger partial charge in [0.15, 0.2) is 0 Å². The summed E-state index contributed by atoms with van der Waals surface area (Å²) in [4.78, 5) is 12.5. The molecule has 0 radical (unpaired) electrons. The molecular weight excluding hydrogens is 384 g/mol. The highest BCUT2D eigenvalue weighted by molar-refractivity contribution is 7.89. The van der Waals surface area contributed by atoms with E-state index in [0.717, 1.165) is 36.8 Å². The molecule has 0 aromatic heterocycles. The van der Waals surface area contributed by atoms with Crippen LogP contribution in [0.1, 0.15) is 66.9 Å². The van der Waals surface area contributed by atoms with Crippen molar-refractivity contribution in [2.24, 2.45) is 0 Å². The number of nitrogens with one attached hydrogen (secondary N) is 1. The minimum Gasteiger partial charge on any atom is -0.349 e. The van der Waals surface area contributed by atoms with Crippen molar-refractivity contribution in [1.82, 2.24) is 9.62 Å². The topological polar surface area (TPSA) is 66.5 Å². The van der Waals surface area contributed by atoms with E-state index in [1.54, 1.807) is 28.6 Å². The van der Waals surface area contributed by atoms with Gasteiger partial charge in [0, 0.05) is 24.2 Å². The van der Waals surface area contributed by atoms with Gasteiger partial charge in [-0.05, 0) is 67.0 Å². The van der Waals surface area contributed by atoms with Gasteiger partial charge >= 0.3 is 0 Å². The van der Waals surface area contributed by atoms with Crippen LogP contribution < -0.4 is 5.32 Å². The summed E-state index contributed by atoms with van der Waals surface area (Å²) in [6.45, 7) is 4.51. The first-order valence-corrected chi connectivity index (χ1v) is 11.8. The van der Waals surface area contributed by atoms with Gasteiger partial charge in [-0.15, -0.1) is 0 Å². The quantitative estimate of drug-likeness (QED) is 0.711. The molecule has 6 heteroatoms. The molecule has 2 aliphatic rings. The summed E-state index contributed by atoms with van der Waals surface area (Å²) in [6.07, 6.45) is 3.89. The second-order valence-electron chi connectivity index (χ2n) is 8.45. The van der Waals surface area contributed by atoms with Crippen molar-refractivity contribution >= 4 is 15.9 Å². The molecule has 1 amide bonds. The lowest BCUT2D eigenvalue weighted by atomic mass is 10.0. The Kier molecular flexibility index (Phi) is 5.49. The molecule has 154 valence electrons. The number of benzene rings is 2. The fraction of sp³-hybridized carbons (Fsp3) is 0.435. The molecule has 0 saturated heterocycles. The largest absolute Gasteiger partial charge is 0.349 e. The Balaban J connectivity index is 1.50. The molecule has 0 spiro atoms. The van der Waals surface area contributed by atoms with Crippen LogP contribution in [-0.2, 0) is 16.6 Å². The van der Waals surface area contributed by atoms with Crippen LogP contribution >= 0.6 is 0 Å². The molecule has 0 heterocycles. The lowest BCUT2D eigenvalue weighted by molar-refractivity contribution is 0.0951. The van der Waals surface area contributed by atoms with E-state index < -0.39 is 10.0 Å². The van der Waals surface area contributed by atoms with Crippen LogP contribution in [0.15, 0.2) is 53.4 Å². The Morgan fingerprint density at radius 2 is 1.62 bits per heavy atom. The van der Waals surface area contributed by atoms with E-state index in [0.29, 0.717) is 29.0 Å². The Hall–Kier alpha value is -2.18. The Labute approximate surface area is 173 Å². The van der Waals surface area contributed by atoms with Gasteiger partial charge < -0.3 is 5.32 Å². The highest BCUT2D eigenvalue weighted by Gasteiger charge is 2.38. The number of nitrogens with zero attached hydrogens (tertiary/aromatic N) is 1. The predicted molar refractivity (Wildman–Crippen MR) is 113 cm³/mol. The molecule has 2 aromatic rings. The molecule has 0 aliphatic heterocycles. The van der Waals surface area contributed by atoms with Gasteiger partial charge in [0.25, 0.3) is 5.91 Å². The van der Waals surface area contributed by atoms with Crippen molar-refractivity contribution in [3.8, 4) is 0 Å². The van der Waals surface area contributed by atoms with Gasteiger partial charge in [-0.3, -0.25) is 4.79 Å². The lowest BCUT2D eigenvalue weighted by Crippen LogP contribution is -2.32. The van der Waals surface area contributed by atoms with E-state index in [9.17, 15) is 13.2 Å². The normalized spacial score (nSPS) is 17.0. The van der Waals surface area contributed by atoms with Gasteiger partial charge in [0.2, 0.25) is 10.0 Å². The van der Waals surface area contributed by atoms with E-state index >= 15 is 0 Å². The monoisotopic (exact) mass is 412 g/mol. The highest BCUT2D eigenvalue weighted by atomic mass is 32.2. The smallest absolute Gasteiger partial charge is 0.251 e. The molecule has 0 unspecified atom stereocenters. The van der Waals surface area contributed by atoms with E-state index in [1.807, 2.05) is 24.3 Å². The average Bonchev–Trinajstić information content (AvgIpc) is 3.61. The Morgan fingerprint density at radius 1 is 1.00 bits per heavy atom. The zero-order chi connectivity index (χ0) is 20.6. The summed E-state index contributed by atoms with van der Waals surface area (Å²) >= 11 is 0. The summed E-state index contributed by atoms with van der Waals surface area (Å²) in [5.41, 5.74) is 2.63. The second kappa shape index (κ2) is 7.92. The van der Waals surface area contributed by atoms with Crippen LogP contribution in [0.25, 0.3) is 0 Å². The molecule has 2 fully saturated rings. The maximum absolute atomic E-state index is 13.3. The molecule has 1 N–H and O–H groups in total. The van der Waals surface area contributed by atoms with Crippen LogP contribution in [-0.4, -0.2) is 30.7 Å². The van der Waals surface area contributed by atoms with Crippen molar-refractivity contribution in [2.45, 2.75) is 69.0 Å². The predicted octanol–water partition coefficient (Wildman–Crippen LogP) is 4.06. The molecular formula is C23H28N2O3S. The molecule has 4 rings (SSSR count). The summed E-state index contributed by atoms with van der Waals surface area (Å²) in [5, 5.41) is 2.97. The fourth-order valence-electron chi connectivity index (χ4n) is 3.37. The van der Waals surface area contributed by atoms with Gasteiger partial charge in [-0.1, -0.05) is 38.1 Å². The Morgan fingerprint density at radius 3 is 2.14 bits per heavy atom. The third-order valence-electron chi connectivity index (χ3n) is 5.57. The number of amides is 1. The van der Waals surface area contributed by atoms with Gasteiger partial charge in [0.05, 0.1) is 4.90 Å². The summed E-state index contributed by atoms with van der Waals surface area (Å²) in [7, 11) is -3.56. The minimum atomic E-state index is -3.56. The van der Waals surface area contributed by atoms with E-state index in [2.05, 4.69) is 19.2 Å². The number of carbonyl (C=O) groups is 1. The second-order valence-corrected chi connectivity index (χ2v) is 10.3. The van der Waals surface area contributed by atoms with E-state index in [1.165, 1.54) is 0 Å². The van der Waals surface area contributed by atoms with Gasteiger partial charge in [-0.25, -0.2) is 8.42 Å². The van der Waals surface area contributed by atoms with Crippen molar-refractivity contribution in [1.29, 1.82) is 0 Å². The fourth-order valence-corrected chi connectivity index (χ4v) is 5.04. The maximum atomic E-state index is 13.3. The maximum Gasteiger partial charge on any atom is 0.251 e. The van der Waals surface area contributed by atoms with E-state index in [-0.39, 0.29) is 11.9 Å². The summed E-state index contributed by atoms with van der Waals surface area (Å²) in [6, 6.07) is 14.9. The summed E-state index contributed by atoms with van der Waals surface area (Å²) in [5.74, 6) is 0.304. The average molecular weight is 413 g/mol. The first-order valence-electron chi connectivity index (χ1n) is 10.4. The van der Waals surface area contributed by atoms with E-state index in [4.69, 9.17) is 0 Å². The first kappa shape index (κ1) is 20.1.